The standard InChI is InChI=1S/C15H22FN3O/c1-11(13-4-3-5-14(16)10-13)18-15(20)12(2)19-8-6-17-7-9-19/h3-5,10-12,17H,6-9H2,1-2H3,(H,18,20). The summed E-state index contributed by atoms with van der Waals surface area (Å²) in [6, 6.07) is 6.00. The number of benzene rings is 1. The molecule has 0 aliphatic carbocycles. The molecule has 1 aromatic carbocycles. The fourth-order valence-electron chi connectivity index (χ4n) is 2.43. The number of carbonyl (C=O) groups is 1. The maximum atomic E-state index is 13.2. The quantitative estimate of drug-likeness (QED) is 0.873. The first kappa shape index (κ1) is 14.9. The van der Waals surface area contributed by atoms with Gasteiger partial charge in [-0.1, -0.05) is 12.1 Å². The van der Waals surface area contributed by atoms with Crippen LogP contribution in [0.3, 0.4) is 0 Å². The molecule has 0 radical (unpaired) electrons. The first-order valence-electron chi connectivity index (χ1n) is 7.08. The van der Waals surface area contributed by atoms with E-state index in [0.717, 1.165) is 31.7 Å². The molecule has 110 valence electrons. The second-order valence-corrected chi connectivity index (χ2v) is 5.25. The first-order valence-corrected chi connectivity index (χ1v) is 7.08. The van der Waals surface area contributed by atoms with E-state index in [-0.39, 0.29) is 23.8 Å². The van der Waals surface area contributed by atoms with Crippen molar-refractivity contribution in [3.05, 3.63) is 35.6 Å². The Bertz CT molecular complexity index is 460. The predicted octanol–water partition coefficient (Wildman–Crippen LogP) is 1.30. The third-order valence-corrected chi connectivity index (χ3v) is 3.79. The van der Waals surface area contributed by atoms with Gasteiger partial charge in [-0.3, -0.25) is 9.69 Å². The van der Waals surface area contributed by atoms with Crippen LogP contribution in [-0.4, -0.2) is 43.0 Å². The van der Waals surface area contributed by atoms with Crippen molar-refractivity contribution in [3.8, 4) is 0 Å². The van der Waals surface area contributed by atoms with Gasteiger partial charge in [0.25, 0.3) is 0 Å². The highest BCUT2D eigenvalue weighted by atomic mass is 19.1. The molecular formula is C15H22FN3O. The lowest BCUT2D eigenvalue weighted by Gasteiger charge is -2.32. The van der Waals surface area contributed by atoms with Gasteiger partial charge in [-0.05, 0) is 31.5 Å². The van der Waals surface area contributed by atoms with Crippen molar-refractivity contribution in [2.75, 3.05) is 26.2 Å². The zero-order valence-electron chi connectivity index (χ0n) is 12.0. The van der Waals surface area contributed by atoms with Crippen LogP contribution >= 0.6 is 0 Å². The summed E-state index contributed by atoms with van der Waals surface area (Å²) in [5.41, 5.74) is 0.783. The normalized spacial score (nSPS) is 19.4. The molecule has 0 aromatic heterocycles. The molecule has 2 atom stereocenters. The van der Waals surface area contributed by atoms with E-state index < -0.39 is 0 Å². The molecule has 1 aromatic rings. The lowest BCUT2D eigenvalue weighted by atomic mass is 10.1. The Morgan fingerprint density at radius 1 is 1.35 bits per heavy atom. The van der Waals surface area contributed by atoms with Crippen molar-refractivity contribution in [2.45, 2.75) is 25.9 Å². The van der Waals surface area contributed by atoms with E-state index in [1.807, 2.05) is 19.9 Å². The number of amides is 1. The summed E-state index contributed by atoms with van der Waals surface area (Å²) in [6.45, 7) is 7.37. The molecule has 0 spiro atoms. The van der Waals surface area contributed by atoms with Crippen LogP contribution in [0.25, 0.3) is 0 Å². The summed E-state index contributed by atoms with van der Waals surface area (Å²) in [6.07, 6.45) is 0. The van der Waals surface area contributed by atoms with Crippen LogP contribution in [0.4, 0.5) is 4.39 Å². The molecule has 2 unspecified atom stereocenters. The van der Waals surface area contributed by atoms with E-state index in [2.05, 4.69) is 15.5 Å². The smallest absolute Gasteiger partial charge is 0.237 e. The van der Waals surface area contributed by atoms with Crippen LogP contribution in [0.1, 0.15) is 25.5 Å². The van der Waals surface area contributed by atoms with Gasteiger partial charge in [-0.25, -0.2) is 4.39 Å². The van der Waals surface area contributed by atoms with Gasteiger partial charge in [-0.15, -0.1) is 0 Å². The summed E-state index contributed by atoms with van der Waals surface area (Å²) in [4.78, 5) is 14.4. The van der Waals surface area contributed by atoms with Gasteiger partial charge in [0, 0.05) is 26.2 Å². The number of hydrogen-bond donors (Lipinski definition) is 2. The van der Waals surface area contributed by atoms with Crippen molar-refractivity contribution in [3.63, 3.8) is 0 Å². The fourth-order valence-corrected chi connectivity index (χ4v) is 2.43. The lowest BCUT2D eigenvalue weighted by Crippen LogP contribution is -2.52. The minimum absolute atomic E-state index is 0.0105. The molecule has 1 amide bonds. The van der Waals surface area contributed by atoms with Crippen molar-refractivity contribution >= 4 is 5.91 Å². The molecule has 1 saturated heterocycles. The highest BCUT2D eigenvalue weighted by Crippen LogP contribution is 2.14. The molecule has 2 rings (SSSR count). The summed E-state index contributed by atoms with van der Waals surface area (Å²) < 4.78 is 13.2. The molecule has 4 nitrogen and oxygen atoms in total. The Kier molecular flexibility index (Phi) is 5.09. The summed E-state index contributed by atoms with van der Waals surface area (Å²) in [5, 5.41) is 6.22. The first-order chi connectivity index (χ1) is 9.58. The van der Waals surface area contributed by atoms with Crippen molar-refractivity contribution in [1.82, 2.24) is 15.5 Å². The molecule has 20 heavy (non-hydrogen) atoms. The highest BCUT2D eigenvalue weighted by molar-refractivity contribution is 5.81. The van der Waals surface area contributed by atoms with Crippen LogP contribution in [0.5, 0.6) is 0 Å². The molecule has 5 heteroatoms. The van der Waals surface area contributed by atoms with Crippen LogP contribution in [0.2, 0.25) is 0 Å². The Morgan fingerprint density at radius 2 is 2.05 bits per heavy atom. The van der Waals surface area contributed by atoms with Crippen LogP contribution in [0.15, 0.2) is 24.3 Å². The van der Waals surface area contributed by atoms with Gasteiger partial charge >= 0.3 is 0 Å². The van der Waals surface area contributed by atoms with Gasteiger partial charge in [0.05, 0.1) is 12.1 Å². The van der Waals surface area contributed by atoms with E-state index in [1.165, 1.54) is 12.1 Å². The van der Waals surface area contributed by atoms with Crippen molar-refractivity contribution < 1.29 is 9.18 Å². The third kappa shape index (κ3) is 3.77. The van der Waals surface area contributed by atoms with E-state index in [0.29, 0.717) is 0 Å². The van der Waals surface area contributed by atoms with E-state index >= 15 is 0 Å². The highest BCUT2D eigenvalue weighted by Gasteiger charge is 2.23. The molecule has 1 fully saturated rings. The predicted molar refractivity (Wildman–Crippen MR) is 76.9 cm³/mol. The minimum Gasteiger partial charge on any atom is -0.348 e. The monoisotopic (exact) mass is 279 g/mol. The van der Waals surface area contributed by atoms with Crippen molar-refractivity contribution in [1.29, 1.82) is 0 Å². The lowest BCUT2D eigenvalue weighted by molar-refractivity contribution is -0.126. The van der Waals surface area contributed by atoms with Crippen LogP contribution in [0, 0.1) is 5.82 Å². The Balaban J connectivity index is 1.93. The zero-order valence-corrected chi connectivity index (χ0v) is 12.0. The second kappa shape index (κ2) is 6.81. The summed E-state index contributed by atoms with van der Waals surface area (Å²) >= 11 is 0. The molecular weight excluding hydrogens is 257 g/mol. The average Bonchev–Trinajstić information content (AvgIpc) is 2.47. The van der Waals surface area contributed by atoms with Crippen molar-refractivity contribution in [2.24, 2.45) is 0 Å². The number of rotatable bonds is 4. The largest absolute Gasteiger partial charge is 0.348 e. The van der Waals surface area contributed by atoms with Gasteiger partial charge in [0.15, 0.2) is 0 Å². The maximum absolute atomic E-state index is 13.2. The molecule has 2 N–H and O–H groups in total. The van der Waals surface area contributed by atoms with E-state index in [9.17, 15) is 9.18 Å². The number of hydrogen-bond acceptors (Lipinski definition) is 3. The number of halogens is 1. The van der Waals surface area contributed by atoms with E-state index in [1.54, 1.807) is 6.07 Å². The summed E-state index contributed by atoms with van der Waals surface area (Å²) in [5.74, 6) is -0.289. The zero-order chi connectivity index (χ0) is 14.5. The number of nitrogens with zero attached hydrogens (tertiary/aromatic N) is 1. The molecule has 1 aliphatic heterocycles. The SMILES string of the molecule is CC(NC(=O)C(C)N1CCNCC1)c1cccc(F)c1. The van der Waals surface area contributed by atoms with Gasteiger partial charge < -0.3 is 10.6 Å². The number of nitrogens with one attached hydrogen (secondary N) is 2. The molecule has 0 saturated carbocycles. The average molecular weight is 279 g/mol. The van der Waals surface area contributed by atoms with E-state index in [4.69, 9.17) is 0 Å². The van der Waals surface area contributed by atoms with Gasteiger partial charge in [0.1, 0.15) is 5.82 Å². The topological polar surface area (TPSA) is 44.4 Å². The molecule has 1 aliphatic rings. The Labute approximate surface area is 119 Å². The number of piperazine rings is 1. The molecule has 0 bridgehead atoms. The minimum atomic E-state index is -0.279. The van der Waals surface area contributed by atoms with Gasteiger partial charge in [0.2, 0.25) is 5.91 Å². The molecule has 1 heterocycles. The van der Waals surface area contributed by atoms with Gasteiger partial charge in [-0.2, -0.15) is 0 Å². The Hall–Kier alpha value is -1.46. The van der Waals surface area contributed by atoms with Crippen LogP contribution < -0.4 is 10.6 Å². The second-order valence-electron chi connectivity index (χ2n) is 5.25. The Morgan fingerprint density at radius 3 is 2.70 bits per heavy atom. The summed E-state index contributed by atoms with van der Waals surface area (Å²) in [7, 11) is 0. The number of carbonyl (C=O) groups excluding carboxylic acids is 1. The van der Waals surface area contributed by atoms with Crippen LogP contribution in [-0.2, 0) is 4.79 Å². The third-order valence-electron chi connectivity index (χ3n) is 3.79. The fraction of sp³-hybridized carbons (Fsp3) is 0.533. The maximum Gasteiger partial charge on any atom is 0.237 e.